The lowest BCUT2D eigenvalue weighted by Gasteiger charge is -2.14. The van der Waals surface area contributed by atoms with Crippen molar-refractivity contribution in [3.05, 3.63) is 50.7 Å². The lowest BCUT2D eigenvalue weighted by atomic mass is 10.0. The maximum Gasteiger partial charge on any atom is 0.332 e. The van der Waals surface area contributed by atoms with E-state index in [-0.39, 0.29) is 37.0 Å². The molecule has 1 unspecified atom stereocenters. The van der Waals surface area contributed by atoms with E-state index in [1.165, 1.54) is 11.6 Å². The van der Waals surface area contributed by atoms with Crippen molar-refractivity contribution in [1.29, 1.82) is 0 Å². The first kappa shape index (κ1) is 23.5. The number of hydrogen-bond acceptors (Lipinski definition) is 9. The summed E-state index contributed by atoms with van der Waals surface area (Å²) in [7, 11) is 4.61. The van der Waals surface area contributed by atoms with E-state index < -0.39 is 11.2 Å². The normalized spacial score (nSPS) is 15.4. The number of aryl methyl sites for hydroxylation is 1. The zero-order valence-electron chi connectivity index (χ0n) is 19.4. The van der Waals surface area contributed by atoms with Gasteiger partial charge in [0.1, 0.15) is 5.75 Å². The molecule has 0 bridgehead atoms. The van der Waals surface area contributed by atoms with Crippen molar-refractivity contribution in [2.24, 2.45) is 19.3 Å². The monoisotopic (exact) mass is 472 g/mol. The third-order valence-corrected chi connectivity index (χ3v) is 5.65. The largest absolute Gasteiger partial charge is 0.496 e. The van der Waals surface area contributed by atoms with E-state index in [1.54, 1.807) is 18.7 Å². The smallest absolute Gasteiger partial charge is 0.332 e. The van der Waals surface area contributed by atoms with Crippen molar-refractivity contribution in [3.63, 3.8) is 0 Å². The molecule has 2 N–H and O–H groups in total. The van der Waals surface area contributed by atoms with Gasteiger partial charge in [-0.2, -0.15) is 4.98 Å². The Kier molecular flexibility index (Phi) is 6.98. The number of fused-ring (bicyclic) bond motifs is 1. The van der Waals surface area contributed by atoms with E-state index in [0.29, 0.717) is 31.3 Å². The quantitative estimate of drug-likeness (QED) is 0.396. The number of aromatic nitrogens is 4. The second kappa shape index (κ2) is 10.1. The molecule has 3 heterocycles. The lowest BCUT2D eigenvalue weighted by Crippen LogP contribution is -2.37. The molecule has 182 valence electrons. The fourth-order valence-electron chi connectivity index (χ4n) is 3.93. The first-order valence-electron chi connectivity index (χ1n) is 10.9. The molecule has 0 saturated carbocycles. The zero-order valence-corrected chi connectivity index (χ0v) is 19.4. The van der Waals surface area contributed by atoms with Gasteiger partial charge in [0.2, 0.25) is 5.95 Å². The molecule has 1 aliphatic rings. The molecule has 0 radical (unpaired) electrons. The minimum absolute atomic E-state index is 0.0653. The summed E-state index contributed by atoms with van der Waals surface area (Å²) < 4.78 is 14.8. The van der Waals surface area contributed by atoms with Crippen molar-refractivity contribution in [2.75, 3.05) is 38.8 Å². The van der Waals surface area contributed by atoms with Crippen molar-refractivity contribution in [1.82, 2.24) is 18.7 Å². The Morgan fingerprint density at radius 1 is 1.21 bits per heavy atom. The molecule has 12 heteroatoms. The average Bonchev–Trinajstić information content (AvgIpc) is 3.46. The summed E-state index contributed by atoms with van der Waals surface area (Å²) in [6.07, 6.45) is 0.149. The minimum Gasteiger partial charge on any atom is -0.496 e. The molecule has 1 aromatic carbocycles. The number of anilines is 1. The van der Waals surface area contributed by atoms with Crippen LogP contribution in [-0.4, -0.2) is 69.1 Å². The second-order valence-electron chi connectivity index (χ2n) is 7.86. The summed E-state index contributed by atoms with van der Waals surface area (Å²) in [5.41, 5.74) is 1.26. The van der Waals surface area contributed by atoms with Crippen LogP contribution in [0.15, 0.2) is 39.0 Å². The molecule has 0 saturated heterocycles. The van der Waals surface area contributed by atoms with Gasteiger partial charge in [0.15, 0.2) is 17.3 Å². The third kappa shape index (κ3) is 4.41. The number of aliphatic hydroxyl groups is 1. The van der Waals surface area contributed by atoms with E-state index in [9.17, 15) is 9.59 Å². The Labute approximate surface area is 195 Å². The van der Waals surface area contributed by atoms with Crippen LogP contribution in [0.5, 0.6) is 5.75 Å². The molecule has 1 atom stereocenters. The van der Waals surface area contributed by atoms with Gasteiger partial charge in [-0.15, -0.1) is 0 Å². The fraction of sp³-hybridized carbons (Fsp3) is 0.455. The number of aliphatic hydroxyl groups excluding tert-OH is 1. The molecule has 4 rings (SSSR count). The van der Waals surface area contributed by atoms with Crippen LogP contribution in [0.1, 0.15) is 12.0 Å². The van der Waals surface area contributed by atoms with Crippen LogP contribution < -0.4 is 21.3 Å². The highest BCUT2D eigenvalue weighted by Gasteiger charge is 2.28. The highest BCUT2D eigenvalue weighted by Crippen LogP contribution is 2.26. The molecule has 12 nitrogen and oxygen atoms in total. The predicted octanol–water partition coefficient (Wildman–Crippen LogP) is 0.0563. The Morgan fingerprint density at radius 2 is 2.00 bits per heavy atom. The van der Waals surface area contributed by atoms with Gasteiger partial charge in [0.25, 0.3) is 5.56 Å². The van der Waals surface area contributed by atoms with Gasteiger partial charge < -0.3 is 29.3 Å². The van der Waals surface area contributed by atoms with Crippen molar-refractivity contribution < 1.29 is 19.4 Å². The van der Waals surface area contributed by atoms with Crippen LogP contribution >= 0.6 is 0 Å². The van der Waals surface area contributed by atoms with Crippen LogP contribution in [-0.2, 0) is 30.2 Å². The van der Waals surface area contributed by atoms with E-state index in [4.69, 9.17) is 19.4 Å². The van der Waals surface area contributed by atoms with Gasteiger partial charge >= 0.3 is 5.69 Å². The fourth-order valence-corrected chi connectivity index (χ4v) is 3.93. The van der Waals surface area contributed by atoms with Crippen LogP contribution in [0.2, 0.25) is 0 Å². The van der Waals surface area contributed by atoms with Gasteiger partial charge in [-0.25, -0.2) is 4.79 Å². The highest BCUT2D eigenvalue weighted by molar-refractivity contribution is 6.03. The van der Waals surface area contributed by atoms with E-state index >= 15 is 0 Å². The van der Waals surface area contributed by atoms with Gasteiger partial charge in [-0.3, -0.25) is 13.9 Å². The number of imidazole rings is 1. The number of oxime groups is 1. The lowest BCUT2D eigenvalue weighted by molar-refractivity contribution is 0.0736. The van der Waals surface area contributed by atoms with Crippen molar-refractivity contribution >= 4 is 22.8 Å². The number of nitrogens with zero attached hydrogens (tertiary/aromatic N) is 5. The zero-order chi connectivity index (χ0) is 24.2. The summed E-state index contributed by atoms with van der Waals surface area (Å²) in [5.74, 6) is 1.11. The SMILES string of the molecule is COc1ccccc1C1=NOC(Cn2c(NCCOCCO)nc3c2c(=O)n(C)c(=O)n3C)C1. The summed E-state index contributed by atoms with van der Waals surface area (Å²) in [6, 6.07) is 7.57. The molecule has 34 heavy (non-hydrogen) atoms. The van der Waals surface area contributed by atoms with E-state index in [1.807, 2.05) is 24.3 Å². The van der Waals surface area contributed by atoms with Gasteiger partial charge in [-0.05, 0) is 12.1 Å². The topological polar surface area (TPSA) is 134 Å². The number of benzene rings is 1. The van der Waals surface area contributed by atoms with Crippen molar-refractivity contribution in [3.8, 4) is 5.75 Å². The molecule has 0 aliphatic carbocycles. The standard InChI is InChI=1S/C22H28N6O6/c1-26-19-18(20(30)27(2)22(26)31)28(21(24-19)23-8-10-33-11-9-29)13-14-12-16(25-34-14)15-6-4-5-7-17(15)32-3/h4-7,14,29H,8-13H2,1-3H3,(H,23,24). The van der Waals surface area contributed by atoms with E-state index in [2.05, 4.69) is 15.5 Å². The number of methoxy groups -OCH3 is 1. The number of nitrogens with one attached hydrogen (secondary N) is 1. The number of rotatable bonds is 10. The number of para-hydroxylation sites is 1. The van der Waals surface area contributed by atoms with Gasteiger partial charge in [0.05, 0.1) is 39.2 Å². The maximum atomic E-state index is 13.0. The molecule has 2 aromatic heterocycles. The first-order chi connectivity index (χ1) is 16.5. The average molecular weight is 473 g/mol. The molecule has 0 amide bonds. The summed E-state index contributed by atoms with van der Waals surface area (Å²) in [5, 5.41) is 16.3. The molecule has 0 fully saturated rings. The number of hydrogen-bond donors (Lipinski definition) is 2. The molecule has 0 spiro atoms. The number of ether oxygens (including phenoxy) is 2. The summed E-state index contributed by atoms with van der Waals surface area (Å²) >= 11 is 0. The molecule has 1 aliphatic heterocycles. The Bertz CT molecular complexity index is 1320. The molecular weight excluding hydrogens is 444 g/mol. The van der Waals surface area contributed by atoms with Crippen LogP contribution in [0.3, 0.4) is 0 Å². The summed E-state index contributed by atoms with van der Waals surface area (Å²) in [4.78, 5) is 35.7. The van der Waals surface area contributed by atoms with Crippen LogP contribution in [0, 0.1) is 0 Å². The first-order valence-corrected chi connectivity index (χ1v) is 10.9. The summed E-state index contributed by atoms with van der Waals surface area (Å²) in [6.45, 7) is 1.18. The van der Waals surface area contributed by atoms with Gasteiger partial charge in [-0.1, -0.05) is 17.3 Å². The Morgan fingerprint density at radius 3 is 2.76 bits per heavy atom. The Balaban J connectivity index is 1.63. The van der Waals surface area contributed by atoms with Crippen LogP contribution in [0.25, 0.3) is 11.2 Å². The Hall–Kier alpha value is -3.64. The predicted molar refractivity (Wildman–Crippen MR) is 126 cm³/mol. The maximum absolute atomic E-state index is 13.0. The molecular formula is C22H28N6O6. The van der Waals surface area contributed by atoms with Crippen LogP contribution in [0.4, 0.5) is 5.95 Å². The highest BCUT2D eigenvalue weighted by atomic mass is 16.6. The second-order valence-corrected chi connectivity index (χ2v) is 7.86. The van der Waals surface area contributed by atoms with Crippen molar-refractivity contribution in [2.45, 2.75) is 19.1 Å². The third-order valence-electron chi connectivity index (χ3n) is 5.65. The van der Waals surface area contributed by atoms with E-state index in [0.717, 1.165) is 15.8 Å². The minimum atomic E-state index is -0.459. The molecule has 3 aromatic rings. The van der Waals surface area contributed by atoms with Gasteiger partial charge in [0, 0.05) is 32.6 Å².